The van der Waals surface area contributed by atoms with E-state index in [0.717, 1.165) is 12.1 Å². The van der Waals surface area contributed by atoms with E-state index in [1.807, 2.05) is 0 Å². The summed E-state index contributed by atoms with van der Waals surface area (Å²) in [6.07, 6.45) is 1.34. The molecule has 24 heavy (non-hydrogen) atoms. The van der Waals surface area contributed by atoms with Crippen molar-refractivity contribution in [2.24, 2.45) is 0 Å². The number of nitrogens with zero attached hydrogens (tertiary/aromatic N) is 3. The molecule has 0 atom stereocenters. The Morgan fingerprint density at radius 3 is 2.29 bits per heavy atom. The lowest BCUT2D eigenvalue weighted by Gasteiger charge is -2.08. The normalized spacial score (nSPS) is 10.5. The minimum Gasteiger partial charge on any atom is -0.339 e. The van der Waals surface area contributed by atoms with E-state index >= 15 is 0 Å². The zero-order chi connectivity index (χ0) is 17.1. The van der Waals surface area contributed by atoms with Crippen LogP contribution in [0.25, 0.3) is 0 Å². The number of nitrogens with one attached hydrogen (secondary N) is 2. The maximum Gasteiger partial charge on any atom is 0.249 e. The standard InChI is InChI=1S/C15H9Cl2F2N5/c16-8-3-9(17)5-11(4-8)22-15-23-14(7-20-24-15)21-10-1-2-12(18)13(19)6-10/h1-7H,(H2,21,22,23,24). The summed E-state index contributed by atoms with van der Waals surface area (Å²) in [5.74, 6) is -1.41. The number of anilines is 4. The molecule has 1 aromatic heterocycles. The highest BCUT2D eigenvalue weighted by Gasteiger charge is 2.06. The lowest BCUT2D eigenvalue weighted by Crippen LogP contribution is -2.02. The van der Waals surface area contributed by atoms with Gasteiger partial charge in [0, 0.05) is 27.5 Å². The largest absolute Gasteiger partial charge is 0.339 e. The van der Waals surface area contributed by atoms with Crippen LogP contribution in [0.5, 0.6) is 0 Å². The van der Waals surface area contributed by atoms with Crippen LogP contribution in [0.3, 0.4) is 0 Å². The second-order valence-electron chi connectivity index (χ2n) is 4.70. The summed E-state index contributed by atoms with van der Waals surface area (Å²) in [5.41, 5.74) is 0.908. The molecule has 9 heteroatoms. The molecule has 122 valence electrons. The van der Waals surface area contributed by atoms with Gasteiger partial charge in [0.1, 0.15) is 0 Å². The first kappa shape index (κ1) is 16.4. The number of hydrogen-bond donors (Lipinski definition) is 2. The third-order valence-corrected chi connectivity index (χ3v) is 3.31. The molecule has 0 aliphatic heterocycles. The van der Waals surface area contributed by atoms with Crippen molar-refractivity contribution in [3.63, 3.8) is 0 Å². The molecule has 0 aliphatic carbocycles. The molecule has 2 N–H and O–H groups in total. The van der Waals surface area contributed by atoms with E-state index in [4.69, 9.17) is 23.2 Å². The van der Waals surface area contributed by atoms with Crippen molar-refractivity contribution in [1.29, 1.82) is 0 Å². The molecule has 0 saturated heterocycles. The molecule has 0 bridgehead atoms. The molecule has 0 spiro atoms. The number of halogens is 4. The fraction of sp³-hybridized carbons (Fsp3) is 0. The second kappa shape index (κ2) is 6.94. The molecule has 0 amide bonds. The minimum atomic E-state index is -0.964. The Hall–Kier alpha value is -2.51. The van der Waals surface area contributed by atoms with Crippen LogP contribution in [-0.4, -0.2) is 15.2 Å². The van der Waals surface area contributed by atoms with Crippen molar-refractivity contribution in [2.45, 2.75) is 0 Å². The Bertz CT molecular complexity index is 871. The van der Waals surface area contributed by atoms with E-state index in [0.29, 0.717) is 27.2 Å². The van der Waals surface area contributed by atoms with Gasteiger partial charge in [-0.25, -0.2) is 8.78 Å². The highest BCUT2D eigenvalue weighted by Crippen LogP contribution is 2.24. The monoisotopic (exact) mass is 367 g/mol. The third kappa shape index (κ3) is 4.06. The maximum atomic E-state index is 13.2. The predicted octanol–water partition coefficient (Wildman–Crippen LogP) is 4.94. The van der Waals surface area contributed by atoms with Crippen LogP contribution in [0.4, 0.5) is 31.9 Å². The SMILES string of the molecule is Fc1ccc(Nc2cnnc(Nc3cc(Cl)cc(Cl)c3)n2)cc1F. The van der Waals surface area contributed by atoms with Crippen molar-refractivity contribution < 1.29 is 8.78 Å². The van der Waals surface area contributed by atoms with Crippen molar-refractivity contribution in [2.75, 3.05) is 10.6 Å². The van der Waals surface area contributed by atoms with Gasteiger partial charge in [0.25, 0.3) is 0 Å². The number of aromatic nitrogens is 3. The zero-order valence-electron chi connectivity index (χ0n) is 11.9. The van der Waals surface area contributed by atoms with Crippen molar-refractivity contribution in [1.82, 2.24) is 15.2 Å². The first-order valence-corrected chi connectivity index (χ1v) is 7.40. The smallest absolute Gasteiger partial charge is 0.249 e. The van der Waals surface area contributed by atoms with Gasteiger partial charge >= 0.3 is 0 Å². The highest BCUT2D eigenvalue weighted by atomic mass is 35.5. The zero-order valence-corrected chi connectivity index (χ0v) is 13.4. The van der Waals surface area contributed by atoms with Crippen LogP contribution in [0.1, 0.15) is 0 Å². The lowest BCUT2D eigenvalue weighted by molar-refractivity contribution is 0.509. The van der Waals surface area contributed by atoms with E-state index in [1.165, 1.54) is 12.3 Å². The predicted molar refractivity (Wildman–Crippen MR) is 89.2 cm³/mol. The second-order valence-corrected chi connectivity index (χ2v) is 5.58. The molecule has 3 aromatic rings. The summed E-state index contributed by atoms with van der Waals surface area (Å²) in [6, 6.07) is 8.29. The molecular formula is C15H9Cl2F2N5. The van der Waals surface area contributed by atoms with E-state index < -0.39 is 11.6 Å². The Morgan fingerprint density at radius 1 is 0.833 bits per heavy atom. The highest BCUT2D eigenvalue weighted by molar-refractivity contribution is 6.35. The van der Waals surface area contributed by atoms with E-state index in [2.05, 4.69) is 25.8 Å². The van der Waals surface area contributed by atoms with Gasteiger partial charge in [-0.15, -0.1) is 5.10 Å². The first-order valence-electron chi connectivity index (χ1n) is 6.64. The summed E-state index contributed by atoms with van der Waals surface area (Å²) >= 11 is 11.8. The Balaban J connectivity index is 1.79. The summed E-state index contributed by atoms with van der Waals surface area (Å²) in [4.78, 5) is 4.18. The molecule has 2 aromatic carbocycles. The van der Waals surface area contributed by atoms with Crippen LogP contribution >= 0.6 is 23.2 Å². The first-order chi connectivity index (χ1) is 11.5. The van der Waals surface area contributed by atoms with Crippen LogP contribution < -0.4 is 10.6 Å². The molecule has 0 fully saturated rings. The molecule has 0 aliphatic rings. The van der Waals surface area contributed by atoms with E-state index in [9.17, 15) is 8.78 Å². The van der Waals surface area contributed by atoms with Crippen LogP contribution in [0, 0.1) is 11.6 Å². The Morgan fingerprint density at radius 2 is 1.58 bits per heavy atom. The molecular weight excluding hydrogens is 359 g/mol. The van der Waals surface area contributed by atoms with Crippen molar-refractivity contribution >= 4 is 46.3 Å². The van der Waals surface area contributed by atoms with Gasteiger partial charge in [0.2, 0.25) is 5.95 Å². The summed E-state index contributed by atoms with van der Waals surface area (Å²) in [6.45, 7) is 0. The van der Waals surface area contributed by atoms with Crippen LogP contribution in [0.2, 0.25) is 10.0 Å². The number of rotatable bonds is 4. The fourth-order valence-electron chi connectivity index (χ4n) is 1.89. The third-order valence-electron chi connectivity index (χ3n) is 2.87. The van der Waals surface area contributed by atoms with Crippen LogP contribution in [0.15, 0.2) is 42.6 Å². The average Bonchev–Trinajstić information content (AvgIpc) is 2.50. The molecule has 0 radical (unpaired) electrons. The summed E-state index contributed by atoms with van der Waals surface area (Å²) < 4.78 is 26.2. The van der Waals surface area contributed by atoms with E-state index in [1.54, 1.807) is 18.2 Å². The van der Waals surface area contributed by atoms with Crippen molar-refractivity contribution in [3.8, 4) is 0 Å². The van der Waals surface area contributed by atoms with Gasteiger partial charge in [-0.2, -0.15) is 10.1 Å². The average molecular weight is 368 g/mol. The Kier molecular flexibility index (Phi) is 4.73. The van der Waals surface area contributed by atoms with Crippen molar-refractivity contribution in [3.05, 3.63) is 64.3 Å². The molecule has 0 saturated carbocycles. The van der Waals surface area contributed by atoms with Gasteiger partial charge in [0.15, 0.2) is 17.5 Å². The summed E-state index contributed by atoms with van der Waals surface area (Å²) in [7, 11) is 0. The molecule has 1 heterocycles. The fourth-order valence-corrected chi connectivity index (χ4v) is 2.42. The molecule has 5 nitrogen and oxygen atoms in total. The van der Waals surface area contributed by atoms with Gasteiger partial charge in [-0.3, -0.25) is 0 Å². The molecule has 0 unspecified atom stereocenters. The van der Waals surface area contributed by atoms with Gasteiger partial charge < -0.3 is 10.6 Å². The quantitative estimate of drug-likeness (QED) is 0.683. The number of hydrogen-bond acceptors (Lipinski definition) is 5. The lowest BCUT2D eigenvalue weighted by atomic mass is 10.3. The number of benzene rings is 2. The maximum absolute atomic E-state index is 13.2. The van der Waals surface area contributed by atoms with E-state index in [-0.39, 0.29) is 5.95 Å². The van der Waals surface area contributed by atoms with Gasteiger partial charge in [0.05, 0.1) is 6.20 Å². The molecule has 3 rings (SSSR count). The topological polar surface area (TPSA) is 62.7 Å². The summed E-state index contributed by atoms with van der Waals surface area (Å²) in [5, 5.41) is 14.2. The van der Waals surface area contributed by atoms with Gasteiger partial charge in [-0.05, 0) is 30.3 Å². The minimum absolute atomic E-state index is 0.181. The van der Waals surface area contributed by atoms with Crippen LogP contribution in [-0.2, 0) is 0 Å². The van der Waals surface area contributed by atoms with Gasteiger partial charge in [-0.1, -0.05) is 23.2 Å². The Labute approximate surface area is 145 Å².